The van der Waals surface area contributed by atoms with E-state index in [4.69, 9.17) is 4.74 Å². The van der Waals surface area contributed by atoms with E-state index in [1.165, 1.54) is 11.7 Å². The number of hydrogen-bond donors (Lipinski definition) is 1. The zero-order valence-corrected chi connectivity index (χ0v) is 16.9. The molecule has 2 aromatic carbocycles. The second-order valence-corrected chi connectivity index (χ2v) is 7.65. The normalized spacial score (nSPS) is 11.8. The van der Waals surface area contributed by atoms with Crippen LogP contribution in [-0.4, -0.2) is 33.8 Å². The predicted molar refractivity (Wildman–Crippen MR) is 112 cm³/mol. The van der Waals surface area contributed by atoms with Crippen LogP contribution in [0.2, 0.25) is 0 Å². The average molecular weight is 411 g/mol. The molecule has 0 aliphatic heterocycles. The number of nitrogens with one attached hydrogen (secondary N) is 1. The molecule has 1 aromatic heterocycles. The van der Waals surface area contributed by atoms with Crippen molar-refractivity contribution in [1.82, 2.24) is 14.9 Å². The number of fused-ring (bicyclic) bond motifs is 1. The molecule has 0 spiro atoms. The minimum atomic E-state index is -0.563. The minimum Gasteiger partial charge on any atom is -0.468 e. The Hall–Kier alpha value is -3.13. The van der Waals surface area contributed by atoms with Crippen LogP contribution in [0.25, 0.3) is 10.9 Å². The zero-order valence-electron chi connectivity index (χ0n) is 16.1. The summed E-state index contributed by atoms with van der Waals surface area (Å²) in [6.07, 6.45) is 0. The third-order valence-electron chi connectivity index (χ3n) is 4.30. The number of thioether (sulfide) groups is 1. The van der Waals surface area contributed by atoms with Gasteiger partial charge in [0.15, 0.2) is 5.16 Å². The molecule has 3 rings (SSSR count). The highest BCUT2D eigenvalue weighted by Gasteiger charge is 2.20. The molecule has 29 heavy (non-hydrogen) atoms. The van der Waals surface area contributed by atoms with Crippen molar-refractivity contribution in [2.24, 2.45) is 0 Å². The van der Waals surface area contributed by atoms with Crippen molar-refractivity contribution in [1.29, 1.82) is 0 Å². The number of amides is 1. The van der Waals surface area contributed by atoms with Gasteiger partial charge in [0.1, 0.15) is 6.54 Å². The maximum atomic E-state index is 12.9. The Balaban J connectivity index is 1.83. The van der Waals surface area contributed by atoms with Crippen molar-refractivity contribution in [3.05, 3.63) is 70.5 Å². The molecular weight excluding hydrogens is 390 g/mol. The Kier molecular flexibility index (Phi) is 6.66. The standard InChI is InChI=1S/C21H21N3O4S/c1-14(19(26)22-12-15-8-4-3-5-9-15)29-21-23-17-11-7-6-10-16(17)20(27)24(21)13-18(25)28-2/h3-11,14H,12-13H2,1-2H3,(H,22,26)/t14-/m1/s1. The van der Waals surface area contributed by atoms with E-state index in [-0.39, 0.29) is 18.0 Å². The van der Waals surface area contributed by atoms with Gasteiger partial charge in [-0.15, -0.1) is 0 Å². The van der Waals surface area contributed by atoms with Gasteiger partial charge in [-0.1, -0.05) is 54.2 Å². The van der Waals surface area contributed by atoms with Gasteiger partial charge in [0.2, 0.25) is 5.91 Å². The molecule has 0 saturated carbocycles. The monoisotopic (exact) mass is 411 g/mol. The molecule has 0 saturated heterocycles. The van der Waals surface area contributed by atoms with Crippen molar-refractivity contribution < 1.29 is 14.3 Å². The third-order valence-corrected chi connectivity index (χ3v) is 5.39. The number of methoxy groups -OCH3 is 1. The Labute approximate surface area is 172 Å². The van der Waals surface area contributed by atoms with Crippen LogP contribution < -0.4 is 10.9 Å². The summed E-state index contributed by atoms with van der Waals surface area (Å²) in [6, 6.07) is 16.5. The lowest BCUT2D eigenvalue weighted by Gasteiger charge is -2.16. The summed E-state index contributed by atoms with van der Waals surface area (Å²) in [4.78, 5) is 41.7. The number of esters is 1. The summed E-state index contributed by atoms with van der Waals surface area (Å²) >= 11 is 1.13. The molecule has 0 radical (unpaired) electrons. The van der Waals surface area contributed by atoms with Gasteiger partial charge in [-0.3, -0.25) is 19.0 Å². The topological polar surface area (TPSA) is 90.3 Å². The number of aromatic nitrogens is 2. The summed E-state index contributed by atoms with van der Waals surface area (Å²) in [5.41, 5.74) is 1.16. The van der Waals surface area contributed by atoms with E-state index >= 15 is 0 Å². The number of para-hydroxylation sites is 1. The summed E-state index contributed by atoms with van der Waals surface area (Å²) in [7, 11) is 1.26. The van der Waals surface area contributed by atoms with Gasteiger partial charge in [-0.05, 0) is 24.6 Å². The third kappa shape index (κ3) is 5.03. The maximum Gasteiger partial charge on any atom is 0.325 e. The van der Waals surface area contributed by atoms with Crippen LogP contribution in [-0.2, 0) is 27.4 Å². The van der Waals surface area contributed by atoms with Gasteiger partial charge in [0.05, 0.1) is 23.3 Å². The van der Waals surface area contributed by atoms with E-state index in [0.717, 1.165) is 17.3 Å². The molecule has 0 aliphatic rings. The van der Waals surface area contributed by atoms with Crippen molar-refractivity contribution in [2.75, 3.05) is 7.11 Å². The fourth-order valence-corrected chi connectivity index (χ4v) is 3.64. The quantitative estimate of drug-likeness (QED) is 0.365. The molecule has 3 aromatic rings. The van der Waals surface area contributed by atoms with Gasteiger partial charge >= 0.3 is 5.97 Å². The Morgan fingerprint density at radius 2 is 1.83 bits per heavy atom. The van der Waals surface area contributed by atoms with Crippen LogP contribution in [0.3, 0.4) is 0 Å². The lowest BCUT2D eigenvalue weighted by atomic mass is 10.2. The molecule has 1 N–H and O–H groups in total. The smallest absolute Gasteiger partial charge is 0.325 e. The Morgan fingerprint density at radius 1 is 1.14 bits per heavy atom. The number of ether oxygens (including phenoxy) is 1. The number of rotatable bonds is 7. The molecule has 1 atom stereocenters. The molecule has 0 aliphatic carbocycles. The minimum absolute atomic E-state index is 0.189. The number of hydrogen-bond acceptors (Lipinski definition) is 6. The molecule has 0 fully saturated rings. The molecule has 1 heterocycles. The van der Waals surface area contributed by atoms with Crippen molar-refractivity contribution in [3.63, 3.8) is 0 Å². The fraction of sp³-hybridized carbons (Fsp3) is 0.238. The molecule has 150 valence electrons. The zero-order chi connectivity index (χ0) is 20.8. The van der Waals surface area contributed by atoms with Crippen molar-refractivity contribution in [2.45, 2.75) is 30.4 Å². The van der Waals surface area contributed by atoms with E-state index in [2.05, 4.69) is 10.3 Å². The van der Waals surface area contributed by atoms with Crippen LogP contribution in [0.15, 0.2) is 64.5 Å². The second-order valence-electron chi connectivity index (χ2n) is 6.34. The maximum absolute atomic E-state index is 12.9. The van der Waals surface area contributed by atoms with Gasteiger partial charge in [0.25, 0.3) is 5.56 Å². The Bertz CT molecular complexity index is 1080. The number of nitrogens with zero attached hydrogens (tertiary/aromatic N) is 2. The highest BCUT2D eigenvalue weighted by atomic mass is 32.2. The highest BCUT2D eigenvalue weighted by Crippen LogP contribution is 2.22. The highest BCUT2D eigenvalue weighted by molar-refractivity contribution is 8.00. The van der Waals surface area contributed by atoms with Crippen LogP contribution in [0, 0.1) is 0 Å². The summed E-state index contributed by atoms with van der Waals surface area (Å²) in [6.45, 7) is 1.87. The molecule has 8 heteroatoms. The molecule has 0 bridgehead atoms. The predicted octanol–water partition coefficient (Wildman–Crippen LogP) is 2.37. The lowest BCUT2D eigenvalue weighted by molar-refractivity contribution is -0.141. The van der Waals surface area contributed by atoms with E-state index in [1.54, 1.807) is 31.2 Å². The molecule has 7 nitrogen and oxygen atoms in total. The van der Waals surface area contributed by atoms with Gasteiger partial charge in [0, 0.05) is 6.54 Å². The van der Waals surface area contributed by atoms with Gasteiger partial charge in [-0.25, -0.2) is 4.98 Å². The summed E-state index contributed by atoms with van der Waals surface area (Å²) in [5.74, 6) is -0.752. The fourth-order valence-electron chi connectivity index (χ4n) is 2.71. The van der Waals surface area contributed by atoms with E-state index in [9.17, 15) is 14.4 Å². The first-order valence-corrected chi connectivity index (χ1v) is 9.92. The van der Waals surface area contributed by atoms with Crippen LogP contribution in [0.4, 0.5) is 0 Å². The lowest BCUT2D eigenvalue weighted by Crippen LogP contribution is -2.32. The number of benzene rings is 2. The first-order valence-electron chi connectivity index (χ1n) is 9.04. The largest absolute Gasteiger partial charge is 0.468 e. The molecular formula is C21H21N3O4S. The van der Waals surface area contributed by atoms with E-state index < -0.39 is 11.2 Å². The average Bonchev–Trinajstić information content (AvgIpc) is 2.75. The first kappa shape index (κ1) is 20.6. The van der Waals surface area contributed by atoms with E-state index in [0.29, 0.717) is 22.6 Å². The SMILES string of the molecule is COC(=O)Cn1c(S[C@H](C)C(=O)NCc2ccccc2)nc2ccccc2c1=O. The molecule has 1 amide bonds. The second kappa shape index (κ2) is 9.38. The first-order chi connectivity index (χ1) is 14.0. The van der Waals surface area contributed by atoms with Gasteiger partial charge < -0.3 is 10.1 Å². The van der Waals surface area contributed by atoms with Crippen molar-refractivity contribution in [3.8, 4) is 0 Å². The van der Waals surface area contributed by atoms with Crippen LogP contribution in [0.5, 0.6) is 0 Å². The van der Waals surface area contributed by atoms with Crippen LogP contribution >= 0.6 is 11.8 Å². The van der Waals surface area contributed by atoms with E-state index in [1.807, 2.05) is 30.3 Å². The molecule has 0 unspecified atom stereocenters. The van der Waals surface area contributed by atoms with Crippen LogP contribution in [0.1, 0.15) is 12.5 Å². The number of carbonyl (C=O) groups is 2. The number of carbonyl (C=O) groups excluding carboxylic acids is 2. The summed E-state index contributed by atoms with van der Waals surface area (Å²) in [5, 5.41) is 3.06. The van der Waals surface area contributed by atoms with Crippen molar-refractivity contribution >= 4 is 34.5 Å². The Morgan fingerprint density at radius 3 is 2.55 bits per heavy atom. The van der Waals surface area contributed by atoms with Gasteiger partial charge in [-0.2, -0.15) is 0 Å². The summed E-state index contributed by atoms with van der Waals surface area (Å²) < 4.78 is 5.95.